The minimum absolute atomic E-state index is 0.112. The van der Waals surface area contributed by atoms with Crippen LogP contribution in [0.25, 0.3) is 0 Å². The van der Waals surface area contributed by atoms with Gasteiger partial charge in [-0.1, -0.05) is 20.8 Å². The number of hydrogen-bond donors (Lipinski definition) is 2. The van der Waals surface area contributed by atoms with E-state index in [1.807, 2.05) is 6.92 Å². The minimum Gasteiger partial charge on any atom is -0.382 e. The van der Waals surface area contributed by atoms with E-state index in [9.17, 15) is 8.42 Å². The lowest BCUT2D eigenvalue weighted by Crippen LogP contribution is -2.19. The van der Waals surface area contributed by atoms with Crippen molar-refractivity contribution in [2.45, 2.75) is 57.4 Å². The van der Waals surface area contributed by atoms with Crippen LogP contribution in [0.4, 0.5) is 10.8 Å². The topological polar surface area (TPSA) is 85.1 Å². The Labute approximate surface area is 125 Å². The monoisotopic (exact) mass is 317 g/mol. The number of anilines is 2. The van der Waals surface area contributed by atoms with E-state index in [-0.39, 0.29) is 16.5 Å². The lowest BCUT2D eigenvalue weighted by Gasteiger charge is -2.18. The molecule has 1 aromatic heterocycles. The van der Waals surface area contributed by atoms with E-state index >= 15 is 0 Å². The highest BCUT2D eigenvalue weighted by Crippen LogP contribution is 2.40. The molecule has 1 heterocycles. The molecule has 7 heteroatoms. The minimum atomic E-state index is -3.34. The summed E-state index contributed by atoms with van der Waals surface area (Å²) in [6, 6.07) is 0.306. The van der Waals surface area contributed by atoms with Crippen LogP contribution in [0, 0.1) is 5.41 Å². The van der Waals surface area contributed by atoms with Gasteiger partial charge in [-0.3, -0.25) is 0 Å². The van der Waals surface area contributed by atoms with Crippen LogP contribution in [0.2, 0.25) is 0 Å². The van der Waals surface area contributed by atoms with E-state index in [2.05, 4.69) is 23.5 Å². The first kappa shape index (κ1) is 15.6. The predicted octanol–water partition coefficient (Wildman–Crippen LogP) is 2.90. The summed E-state index contributed by atoms with van der Waals surface area (Å²) < 4.78 is 28.6. The van der Waals surface area contributed by atoms with Gasteiger partial charge in [0, 0.05) is 6.04 Å². The van der Waals surface area contributed by atoms with E-state index in [0.29, 0.717) is 22.9 Å². The van der Waals surface area contributed by atoms with E-state index in [4.69, 9.17) is 5.73 Å². The Kier molecular flexibility index (Phi) is 4.30. The molecule has 0 aromatic carbocycles. The second-order valence-corrected chi connectivity index (χ2v) is 9.11. The molecule has 2 rings (SSSR count). The molecule has 3 N–H and O–H groups in total. The molecule has 0 bridgehead atoms. The van der Waals surface area contributed by atoms with Crippen LogP contribution in [-0.4, -0.2) is 24.6 Å². The van der Waals surface area contributed by atoms with Crippen molar-refractivity contribution < 1.29 is 8.42 Å². The van der Waals surface area contributed by atoms with Crippen LogP contribution in [0.5, 0.6) is 0 Å². The SMILES string of the molecule is CCCS(=O)(=O)c1c(N)nsc1NC1CCC(C)(C)C1. The number of nitrogens with zero attached hydrogens (tertiary/aromatic N) is 1. The van der Waals surface area contributed by atoms with E-state index in [1.54, 1.807) is 0 Å². The number of aromatic nitrogens is 1. The molecule has 1 aliphatic rings. The van der Waals surface area contributed by atoms with Crippen LogP contribution in [-0.2, 0) is 9.84 Å². The number of nitrogens with one attached hydrogen (secondary N) is 1. The maximum absolute atomic E-state index is 12.3. The summed E-state index contributed by atoms with van der Waals surface area (Å²) in [7, 11) is -3.34. The van der Waals surface area contributed by atoms with Crippen LogP contribution in [0.15, 0.2) is 4.90 Å². The third-order valence-electron chi connectivity index (χ3n) is 3.76. The van der Waals surface area contributed by atoms with Crippen molar-refractivity contribution in [2.75, 3.05) is 16.8 Å². The molecular weight excluding hydrogens is 294 g/mol. The van der Waals surface area contributed by atoms with E-state index < -0.39 is 9.84 Å². The number of sulfone groups is 1. The average molecular weight is 317 g/mol. The first-order valence-electron chi connectivity index (χ1n) is 6.99. The first-order chi connectivity index (χ1) is 9.25. The van der Waals surface area contributed by atoms with E-state index in [1.165, 1.54) is 0 Å². The fourth-order valence-corrected chi connectivity index (χ4v) is 5.49. The lowest BCUT2D eigenvalue weighted by molar-refractivity contribution is 0.378. The molecule has 1 unspecified atom stereocenters. The molecule has 1 atom stereocenters. The highest BCUT2D eigenvalue weighted by molar-refractivity contribution is 7.91. The Morgan fingerprint density at radius 2 is 2.20 bits per heavy atom. The molecule has 0 saturated heterocycles. The van der Waals surface area contributed by atoms with Gasteiger partial charge in [-0.25, -0.2) is 8.42 Å². The molecule has 1 aromatic rings. The summed E-state index contributed by atoms with van der Waals surface area (Å²) in [5.74, 6) is 0.240. The summed E-state index contributed by atoms with van der Waals surface area (Å²) in [5, 5.41) is 3.96. The summed E-state index contributed by atoms with van der Waals surface area (Å²) >= 11 is 1.15. The predicted molar refractivity (Wildman–Crippen MR) is 83.9 cm³/mol. The molecule has 114 valence electrons. The number of nitrogens with two attached hydrogens (primary N) is 1. The number of rotatable bonds is 5. The van der Waals surface area contributed by atoms with Crippen molar-refractivity contribution in [3.05, 3.63) is 0 Å². The van der Waals surface area contributed by atoms with Crippen LogP contribution in [0.3, 0.4) is 0 Å². The molecule has 1 fully saturated rings. The van der Waals surface area contributed by atoms with Gasteiger partial charge in [0.15, 0.2) is 15.7 Å². The van der Waals surface area contributed by atoms with Crippen molar-refractivity contribution >= 4 is 32.2 Å². The fraction of sp³-hybridized carbons (Fsp3) is 0.769. The molecule has 0 spiro atoms. The standard InChI is InChI=1S/C13H23N3O2S2/c1-4-7-20(17,18)10-11(14)16-19-12(10)15-9-5-6-13(2,3)8-9/h9,15H,4-8H2,1-3H3,(H2,14,16). The van der Waals surface area contributed by atoms with E-state index in [0.717, 1.165) is 30.8 Å². The van der Waals surface area contributed by atoms with Crippen molar-refractivity contribution in [3.8, 4) is 0 Å². The maximum Gasteiger partial charge on any atom is 0.185 e. The molecular formula is C13H23N3O2S2. The van der Waals surface area contributed by atoms with Gasteiger partial charge in [0.1, 0.15) is 9.90 Å². The zero-order valence-electron chi connectivity index (χ0n) is 12.3. The summed E-state index contributed by atoms with van der Waals surface area (Å²) in [6.45, 7) is 6.33. The van der Waals surface area contributed by atoms with Crippen molar-refractivity contribution in [2.24, 2.45) is 5.41 Å². The molecule has 5 nitrogen and oxygen atoms in total. The molecule has 1 saturated carbocycles. The highest BCUT2D eigenvalue weighted by Gasteiger charge is 2.33. The summed E-state index contributed by atoms with van der Waals surface area (Å²) in [5.41, 5.74) is 6.08. The first-order valence-corrected chi connectivity index (χ1v) is 9.42. The second kappa shape index (κ2) is 5.52. The van der Waals surface area contributed by atoms with Gasteiger partial charge in [-0.15, -0.1) is 0 Å². The number of nitrogen functional groups attached to an aromatic ring is 1. The molecule has 20 heavy (non-hydrogen) atoms. The molecule has 0 aliphatic heterocycles. The Balaban J connectivity index is 2.22. The lowest BCUT2D eigenvalue weighted by atomic mass is 9.92. The summed E-state index contributed by atoms with van der Waals surface area (Å²) in [4.78, 5) is 0.203. The van der Waals surface area contributed by atoms with Gasteiger partial charge in [-0.2, -0.15) is 4.37 Å². The fourth-order valence-electron chi connectivity index (χ4n) is 2.80. The normalized spacial score (nSPS) is 22.1. The average Bonchev–Trinajstić information content (AvgIpc) is 2.83. The van der Waals surface area contributed by atoms with Gasteiger partial charge >= 0.3 is 0 Å². The van der Waals surface area contributed by atoms with Crippen molar-refractivity contribution in [1.82, 2.24) is 4.37 Å². The van der Waals surface area contributed by atoms with Gasteiger partial charge < -0.3 is 11.1 Å². The maximum atomic E-state index is 12.3. The smallest absolute Gasteiger partial charge is 0.185 e. The van der Waals surface area contributed by atoms with Crippen molar-refractivity contribution in [3.63, 3.8) is 0 Å². The van der Waals surface area contributed by atoms with Crippen LogP contribution >= 0.6 is 11.5 Å². The van der Waals surface area contributed by atoms with Gasteiger partial charge in [-0.05, 0) is 42.6 Å². The Morgan fingerprint density at radius 1 is 1.50 bits per heavy atom. The summed E-state index contributed by atoms with van der Waals surface area (Å²) in [6.07, 6.45) is 3.82. The Hall–Kier alpha value is -0.820. The van der Waals surface area contributed by atoms with Crippen LogP contribution < -0.4 is 11.1 Å². The molecule has 0 radical (unpaired) electrons. The third-order valence-corrected chi connectivity index (χ3v) is 6.66. The quantitative estimate of drug-likeness (QED) is 0.872. The number of hydrogen-bond acceptors (Lipinski definition) is 6. The van der Waals surface area contributed by atoms with Crippen LogP contribution in [0.1, 0.15) is 46.5 Å². The zero-order valence-corrected chi connectivity index (χ0v) is 13.9. The molecule has 1 aliphatic carbocycles. The third kappa shape index (κ3) is 3.25. The second-order valence-electron chi connectivity index (χ2n) is 6.29. The highest BCUT2D eigenvalue weighted by atomic mass is 32.2. The Bertz CT molecular complexity index is 578. The molecule has 0 amide bonds. The van der Waals surface area contributed by atoms with Crippen molar-refractivity contribution in [1.29, 1.82) is 0 Å². The van der Waals surface area contributed by atoms with Gasteiger partial charge in [0.25, 0.3) is 0 Å². The largest absolute Gasteiger partial charge is 0.382 e. The zero-order chi connectivity index (χ0) is 15.0. The van der Waals surface area contributed by atoms with Gasteiger partial charge in [0.05, 0.1) is 5.75 Å². The Morgan fingerprint density at radius 3 is 2.75 bits per heavy atom. The van der Waals surface area contributed by atoms with Gasteiger partial charge in [0.2, 0.25) is 0 Å².